The van der Waals surface area contributed by atoms with Gasteiger partial charge in [-0.05, 0) is 42.2 Å². The number of para-hydroxylation sites is 1. The van der Waals surface area contributed by atoms with E-state index in [1.54, 1.807) is 0 Å². The normalized spacial score (nSPS) is 14.4. The minimum absolute atomic E-state index is 0.317. The molecule has 0 aliphatic carbocycles. The average molecular weight is 277 g/mol. The Labute approximate surface area is 125 Å². The summed E-state index contributed by atoms with van der Waals surface area (Å²) in [7, 11) is 2.11. The summed E-state index contributed by atoms with van der Waals surface area (Å²) in [5, 5.41) is 12.9. The molecule has 0 fully saturated rings. The quantitative estimate of drug-likeness (QED) is 0.930. The molecule has 1 atom stereocenters. The highest BCUT2D eigenvalue weighted by atomic mass is 15.1. The Morgan fingerprint density at radius 3 is 2.81 bits per heavy atom. The van der Waals surface area contributed by atoms with E-state index in [-0.39, 0.29) is 6.04 Å². The zero-order valence-electron chi connectivity index (χ0n) is 12.4. The summed E-state index contributed by atoms with van der Waals surface area (Å²) < 4.78 is 0. The van der Waals surface area contributed by atoms with Gasteiger partial charge < -0.3 is 10.2 Å². The maximum atomic E-state index is 9.51. The molecule has 3 nitrogen and oxygen atoms in total. The third-order valence-electron chi connectivity index (χ3n) is 4.14. The Bertz CT molecular complexity index is 700. The fraction of sp³-hybridized carbons (Fsp3) is 0.278. The molecular weight excluding hydrogens is 258 g/mol. The summed E-state index contributed by atoms with van der Waals surface area (Å²) in [6, 6.07) is 16.5. The van der Waals surface area contributed by atoms with Gasteiger partial charge in [0.1, 0.15) is 6.04 Å². The van der Waals surface area contributed by atoms with Gasteiger partial charge in [0.15, 0.2) is 0 Å². The van der Waals surface area contributed by atoms with E-state index in [1.165, 1.54) is 11.3 Å². The van der Waals surface area contributed by atoms with Crippen LogP contribution >= 0.6 is 0 Å². The lowest BCUT2D eigenvalue weighted by Gasteiger charge is -2.17. The number of rotatable bonds is 3. The van der Waals surface area contributed by atoms with Gasteiger partial charge in [-0.3, -0.25) is 0 Å². The van der Waals surface area contributed by atoms with Gasteiger partial charge in [0, 0.05) is 25.0 Å². The van der Waals surface area contributed by atoms with Crippen molar-refractivity contribution in [2.24, 2.45) is 0 Å². The van der Waals surface area contributed by atoms with Gasteiger partial charge in [-0.25, -0.2) is 0 Å². The molecular formula is C18H19N3. The highest BCUT2D eigenvalue weighted by Gasteiger charge is 2.18. The molecule has 1 N–H and O–H groups in total. The molecule has 3 rings (SSSR count). The Morgan fingerprint density at radius 2 is 2.05 bits per heavy atom. The number of likely N-dealkylation sites (N-methyl/N-ethyl adjacent to an activating group) is 1. The first-order valence-corrected chi connectivity index (χ1v) is 7.25. The largest absolute Gasteiger partial charge is 0.374 e. The Kier molecular flexibility index (Phi) is 3.53. The first-order chi connectivity index (χ1) is 10.2. The molecule has 2 aromatic rings. The lowest BCUT2D eigenvalue weighted by atomic mass is 10.0. The molecule has 21 heavy (non-hydrogen) atoms. The van der Waals surface area contributed by atoms with Crippen LogP contribution in [0.15, 0.2) is 42.5 Å². The van der Waals surface area contributed by atoms with Crippen molar-refractivity contribution in [2.45, 2.75) is 19.4 Å². The van der Waals surface area contributed by atoms with E-state index < -0.39 is 0 Å². The third kappa shape index (κ3) is 2.57. The molecule has 0 spiro atoms. The van der Waals surface area contributed by atoms with Crippen LogP contribution < -0.4 is 10.2 Å². The van der Waals surface area contributed by atoms with Crippen molar-refractivity contribution in [3.63, 3.8) is 0 Å². The highest BCUT2D eigenvalue weighted by molar-refractivity contribution is 5.60. The number of hydrogen-bond acceptors (Lipinski definition) is 3. The minimum Gasteiger partial charge on any atom is -0.374 e. The van der Waals surface area contributed by atoms with Crippen molar-refractivity contribution in [1.82, 2.24) is 0 Å². The second kappa shape index (κ2) is 5.49. The van der Waals surface area contributed by atoms with Crippen LogP contribution in [-0.4, -0.2) is 13.6 Å². The minimum atomic E-state index is -0.317. The van der Waals surface area contributed by atoms with Gasteiger partial charge in [-0.1, -0.05) is 30.3 Å². The van der Waals surface area contributed by atoms with Crippen molar-refractivity contribution < 1.29 is 0 Å². The molecule has 0 aromatic heterocycles. The standard InChI is InChI=1S/C18H19N3/c1-13-5-3-4-6-16(13)20-17(12-19)14-7-8-18-15(11-14)9-10-21(18)2/h3-8,11,17,20H,9-10H2,1-2H3. The van der Waals surface area contributed by atoms with Gasteiger partial charge in [-0.15, -0.1) is 0 Å². The molecule has 0 bridgehead atoms. The van der Waals surface area contributed by atoms with E-state index >= 15 is 0 Å². The summed E-state index contributed by atoms with van der Waals surface area (Å²) in [6.07, 6.45) is 1.06. The van der Waals surface area contributed by atoms with Crippen LogP contribution in [0.5, 0.6) is 0 Å². The Balaban J connectivity index is 1.88. The molecule has 1 aliphatic heterocycles. The molecule has 1 aliphatic rings. The smallest absolute Gasteiger partial charge is 0.140 e. The van der Waals surface area contributed by atoms with Crippen LogP contribution in [0.4, 0.5) is 11.4 Å². The van der Waals surface area contributed by atoms with Crippen LogP contribution in [0.2, 0.25) is 0 Å². The lowest BCUT2D eigenvalue weighted by Crippen LogP contribution is -2.12. The summed E-state index contributed by atoms with van der Waals surface area (Å²) in [5.74, 6) is 0. The second-order valence-electron chi connectivity index (χ2n) is 5.58. The maximum Gasteiger partial charge on any atom is 0.140 e. The summed E-state index contributed by atoms with van der Waals surface area (Å²) in [4.78, 5) is 2.26. The third-order valence-corrected chi connectivity index (χ3v) is 4.14. The number of anilines is 2. The SMILES string of the molecule is Cc1ccccc1NC(C#N)c1ccc2c(c1)CCN2C. The van der Waals surface area contributed by atoms with Gasteiger partial charge >= 0.3 is 0 Å². The van der Waals surface area contributed by atoms with Crippen LogP contribution in [0.25, 0.3) is 0 Å². The molecule has 1 unspecified atom stereocenters. The van der Waals surface area contributed by atoms with Crippen LogP contribution in [0.3, 0.4) is 0 Å². The van der Waals surface area contributed by atoms with Gasteiger partial charge in [-0.2, -0.15) is 5.26 Å². The van der Waals surface area contributed by atoms with Crippen LogP contribution in [-0.2, 0) is 6.42 Å². The molecule has 0 saturated heterocycles. The number of benzene rings is 2. The Hall–Kier alpha value is -2.47. The van der Waals surface area contributed by atoms with Crippen molar-refractivity contribution in [2.75, 3.05) is 23.8 Å². The number of fused-ring (bicyclic) bond motifs is 1. The fourth-order valence-corrected chi connectivity index (χ4v) is 2.85. The number of aryl methyl sites for hydroxylation is 1. The first-order valence-electron chi connectivity index (χ1n) is 7.25. The summed E-state index contributed by atoms with van der Waals surface area (Å²) in [6.45, 7) is 3.11. The van der Waals surface area contributed by atoms with Crippen LogP contribution in [0, 0.1) is 18.3 Å². The predicted octanol–water partition coefficient (Wildman–Crippen LogP) is 3.66. The van der Waals surface area contributed by atoms with E-state index in [4.69, 9.17) is 0 Å². The molecule has 106 valence electrons. The number of nitrogens with one attached hydrogen (secondary N) is 1. The van der Waals surface area contributed by atoms with Crippen LogP contribution in [0.1, 0.15) is 22.7 Å². The van der Waals surface area contributed by atoms with Gasteiger partial charge in [0.05, 0.1) is 6.07 Å². The zero-order chi connectivity index (χ0) is 14.8. The number of nitriles is 1. The lowest BCUT2D eigenvalue weighted by molar-refractivity contribution is 0.954. The summed E-state index contributed by atoms with van der Waals surface area (Å²) in [5.41, 5.74) is 5.82. The van der Waals surface area contributed by atoms with Crippen molar-refractivity contribution in [1.29, 1.82) is 5.26 Å². The van der Waals surface area contributed by atoms with Gasteiger partial charge in [0.25, 0.3) is 0 Å². The number of hydrogen-bond donors (Lipinski definition) is 1. The molecule has 1 heterocycles. The number of nitrogens with zero attached hydrogens (tertiary/aromatic N) is 2. The molecule has 0 radical (unpaired) electrons. The maximum absolute atomic E-state index is 9.51. The first kappa shape index (κ1) is 13.5. The zero-order valence-corrected chi connectivity index (χ0v) is 12.4. The van der Waals surface area contributed by atoms with Crippen molar-refractivity contribution in [3.8, 4) is 6.07 Å². The van der Waals surface area contributed by atoms with Gasteiger partial charge in [0.2, 0.25) is 0 Å². The molecule has 0 amide bonds. The predicted molar refractivity (Wildman–Crippen MR) is 86.6 cm³/mol. The van der Waals surface area contributed by atoms with E-state index in [2.05, 4.69) is 54.5 Å². The molecule has 2 aromatic carbocycles. The highest BCUT2D eigenvalue weighted by Crippen LogP contribution is 2.30. The second-order valence-corrected chi connectivity index (χ2v) is 5.58. The van der Waals surface area contributed by atoms with E-state index in [1.807, 2.05) is 18.2 Å². The summed E-state index contributed by atoms with van der Waals surface area (Å²) >= 11 is 0. The van der Waals surface area contributed by atoms with Crippen molar-refractivity contribution >= 4 is 11.4 Å². The van der Waals surface area contributed by atoms with E-state index in [9.17, 15) is 5.26 Å². The van der Waals surface area contributed by atoms with E-state index in [0.717, 1.165) is 29.8 Å². The average Bonchev–Trinajstić information content (AvgIpc) is 2.87. The topological polar surface area (TPSA) is 39.1 Å². The molecule has 3 heteroatoms. The Morgan fingerprint density at radius 1 is 1.24 bits per heavy atom. The molecule has 0 saturated carbocycles. The van der Waals surface area contributed by atoms with E-state index in [0.29, 0.717) is 0 Å². The van der Waals surface area contributed by atoms with Crippen molar-refractivity contribution in [3.05, 3.63) is 59.2 Å². The fourth-order valence-electron chi connectivity index (χ4n) is 2.85. The monoisotopic (exact) mass is 277 g/mol.